The van der Waals surface area contributed by atoms with Gasteiger partial charge in [-0.3, -0.25) is 4.79 Å². The van der Waals surface area contributed by atoms with Crippen molar-refractivity contribution >= 4 is 17.1 Å². The molecular formula is C11H17N3OS. The fraction of sp³-hybridized carbons (Fsp3) is 0.636. The number of rotatable bonds is 5. The van der Waals surface area contributed by atoms with Crippen LogP contribution in [0.15, 0.2) is 11.6 Å². The van der Waals surface area contributed by atoms with Crippen molar-refractivity contribution in [2.24, 2.45) is 5.92 Å². The molecule has 2 heterocycles. The van der Waals surface area contributed by atoms with Crippen molar-refractivity contribution in [1.29, 1.82) is 0 Å². The Morgan fingerprint density at radius 2 is 2.62 bits per heavy atom. The zero-order valence-corrected chi connectivity index (χ0v) is 10.1. The molecule has 1 fully saturated rings. The molecule has 2 rings (SSSR count). The predicted molar refractivity (Wildman–Crippen MR) is 64.9 cm³/mol. The highest BCUT2D eigenvalue weighted by atomic mass is 32.1. The van der Waals surface area contributed by atoms with Crippen LogP contribution in [0.1, 0.15) is 22.6 Å². The van der Waals surface area contributed by atoms with E-state index in [1.54, 1.807) is 6.20 Å². The van der Waals surface area contributed by atoms with E-state index in [9.17, 15) is 4.79 Å². The molecule has 0 unspecified atom stereocenters. The van der Waals surface area contributed by atoms with Gasteiger partial charge in [0, 0.05) is 11.6 Å². The number of nitrogens with one attached hydrogen (secondary N) is 2. The van der Waals surface area contributed by atoms with Crippen LogP contribution in [0.4, 0.5) is 0 Å². The number of thiazole rings is 1. The lowest BCUT2D eigenvalue weighted by Crippen LogP contribution is -2.37. The third kappa shape index (κ3) is 3.37. The first-order valence-electron chi connectivity index (χ1n) is 5.70. The van der Waals surface area contributed by atoms with Crippen LogP contribution in [0.3, 0.4) is 0 Å². The molecule has 2 N–H and O–H groups in total. The average Bonchev–Trinajstić information content (AvgIpc) is 2.84. The topological polar surface area (TPSA) is 54.0 Å². The number of aromatic nitrogens is 1. The zero-order valence-electron chi connectivity index (χ0n) is 9.24. The largest absolute Gasteiger partial charge is 0.316 e. The third-order valence-electron chi connectivity index (χ3n) is 2.79. The minimum atomic E-state index is 0.0961. The standard InChI is InChI=1S/C11H17N3OS/c15-10(11-14-4-5-16-11)8-13-7-9-2-1-3-12-6-9/h4-5,9,12-13H,1-3,6-8H2/t9-/m1/s1. The van der Waals surface area contributed by atoms with Crippen LogP contribution in [-0.2, 0) is 0 Å². The van der Waals surface area contributed by atoms with Gasteiger partial charge in [-0.2, -0.15) is 0 Å². The number of nitrogens with zero attached hydrogens (tertiary/aromatic N) is 1. The maximum atomic E-state index is 11.6. The normalized spacial score (nSPS) is 20.9. The van der Waals surface area contributed by atoms with E-state index < -0.39 is 0 Å². The summed E-state index contributed by atoms with van der Waals surface area (Å²) in [5, 5.41) is 9.02. The van der Waals surface area contributed by atoms with Gasteiger partial charge in [-0.05, 0) is 38.4 Å². The monoisotopic (exact) mass is 239 g/mol. The summed E-state index contributed by atoms with van der Waals surface area (Å²) in [5.41, 5.74) is 0. The Morgan fingerprint density at radius 3 is 3.31 bits per heavy atom. The fourth-order valence-corrected chi connectivity index (χ4v) is 2.50. The molecule has 5 heteroatoms. The van der Waals surface area contributed by atoms with E-state index in [4.69, 9.17) is 0 Å². The first-order valence-corrected chi connectivity index (χ1v) is 6.58. The summed E-state index contributed by atoms with van der Waals surface area (Å²) < 4.78 is 0. The molecule has 0 saturated carbocycles. The quantitative estimate of drug-likeness (QED) is 0.750. The van der Waals surface area contributed by atoms with Gasteiger partial charge in [-0.1, -0.05) is 0 Å². The van der Waals surface area contributed by atoms with Crippen molar-refractivity contribution in [3.05, 3.63) is 16.6 Å². The molecule has 1 saturated heterocycles. The lowest BCUT2D eigenvalue weighted by molar-refractivity contribution is 0.0989. The van der Waals surface area contributed by atoms with E-state index in [2.05, 4.69) is 15.6 Å². The molecule has 88 valence electrons. The van der Waals surface area contributed by atoms with Crippen molar-refractivity contribution in [1.82, 2.24) is 15.6 Å². The lowest BCUT2D eigenvalue weighted by Gasteiger charge is -2.22. The molecule has 4 nitrogen and oxygen atoms in total. The van der Waals surface area contributed by atoms with E-state index >= 15 is 0 Å². The first-order chi connectivity index (χ1) is 7.86. The van der Waals surface area contributed by atoms with Crippen LogP contribution in [0.2, 0.25) is 0 Å². The molecule has 1 atom stereocenters. The summed E-state index contributed by atoms with van der Waals surface area (Å²) in [6, 6.07) is 0. The smallest absolute Gasteiger partial charge is 0.205 e. The van der Waals surface area contributed by atoms with Gasteiger partial charge in [-0.25, -0.2) is 4.98 Å². The van der Waals surface area contributed by atoms with Crippen molar-refractivity contribution < 1.29 is 4.79 Å². The number of hydrogen-bond donors (Lipinski definition) is 2. The zero-order chi connectivity index (χ0) is 11.2. The number of carbonyl (C=O) groups excluding carboxylic acids is 1. The minimum Gasteiger partial charge on any atom is -0.316 e. The molecule has 1 aliphatic rings. The Balaban J connectivity index is 1.66. The van der Waals surface area contributed by atoms with Gasteiger partial charge < -0.3 is 10.6 Å². The van der Waals surface area contributed by atoms with Gasteiger partial charge >= 0.3 is 0 Å². The molecule has 0 aliphatic carbocycles. The summed E-state index contributed by atoms with van der Waals surface area (Å²) in [6.07, 6.45) is 4.17. The Hall–Kier alpha value is -0.780. The molecule has 0 radical (unpaired) electrons. The highest BCUT2D eigenvalue weighted by Gasteiger charge is 2.13. The summed E-state index contributed by atoms with van der Waals surface area (Å²) in [4.78, 5) is 15.6. The van der Waals surface area contributed by atoms with Crippen molar-refractivity contribution in [2.75, 3.05) is 26.2 Å². The summed E-state index contributed by atoms with van der Waals surface area (Å²) in [5.74, 6) is 0.761. The van der Waals surface area contributed by atoms with Crippen LogP contribution >= 0.6 is 11.3 Å². The predicted octanol–water partition coefficient (Wildman–Crippen LogP) is 0.915. The van der Waals surface area contributed by atoms with Crippen LogP contribution in [0.25, 0.3) is 0 Å². The summed E-state index contributed by atoms with van der Waals surface area (Å²) >= 11 is 1.40. The second kappa shape index (κ2) is 6.08. The van der Waals surface area contributed by atoms with Crippen LogP contribution in [0.5, 0.6) is 0 Å². The number of carbonyl (C=O) groups is 1. The molecule has 16 heavy (non-hydrogen) atoms. The molecule has 0 aromatic carbocycles. The van der Waals surface area contributed by atoms with Gasteiger partial charge in [0.25, 0.3) is 0 Å². The van der Waals surface area contributed by atoms with E-state index in [1.165, 1.54) is 24.2 Å². The molecular weight excluding hydrogens is 222 g/mol. The highest BCUT2D eigenvalue weighted by Crippen LogP contribution is 2.08. The van der Waals surface area contributed by atoms with Gasteiger partial charge in [-0.15, -0.1) is 11.3 Å². The van der Waals surface area contributed by atoms with E-state index in [1.807, 2.05) is 5.38 Å². The Kier molecular flexibility index (Phi) is 4.44. The SMILES string of the molecule is O=C(CNC[C@@H]1CCCNC1)c1nccs1. The van der Waals surface area contributed by atoms with E-state index in [-0.39, 0.29) is 5.78 Å². The minimum absolute atomic E-state index is 0.0961. The number of ketones is 1. The Morgan fingerprint density at radius 1 is 1.69 bits per heavy atom. The maximum Gasteiger partial charge on any atom is 0.205 e. The second-order valence-corrected chi connectivity index (χ2v) is 5.00. The number of Topliss-reactive ketones (excluding diaryl/α,β-unsaturated/α-hetero) is 1. The van der Waals surface area contributed by atoms with E-state index in [0.717, 1.165) is 19.6 Å². The second-order valence-electron chi connectivity index (χ2n) is 4.10. The van der Waals surface area contributed by atoms with E-state index in [0.29, 0.717) is 17.5 Å². The van der Waals surface area contributed by atoms with Crippen LogP contribution in [-0.4, -0.2) is 36.9 Å². The van der Waals surface area contributed by atoms with Gasteiger partial charge in [0.1, 0.15) is 0 Å². The Labute approximate surface area is 99.5 Å². The van der Waals surface area contributed by atoms with Crippen molar-refractivity contribution in [3.8, 4) is 0 Å². The van der Waals surface area contributed by atoms with Crippen molar-refractivity contribution in [3.63, 3.8) is 0 Å². The lowest BCUT2D eigenvalue weighted by atomic mass is 10.00. The van der Waals surface area contributed by atoms with Gasteiger partial charge in [0.15, 0.2) is 5.01 Å². The summed E-state index contributed by atoms with van der Waals surface area (Å²) in [6.45, 7) is 3.53. The number of piperidine rings is 1. The van der Waals surface area contributed by atoms with Gasteiger partial charge in [0.05, 0.1) is 6.54 Å². The molecule has 1 aromatic heterocycles. The van der Waals surface area contributed by atoms with Crippen LogP contribution in [0, 0.1) is 5.92 Å². The first kappa shape index (κ1) is 11.7. The molecule has 0 spiro atoms. The summed E-state index contributed by atoms with van der Waals surface area (Å²) in [7, 11) is 0. The maximum absolute atomic E-state index is 11.6. The molecule has 1 aromatic rings. The molecule has 0 bridgehead atoms. The highest BCUT2D eigenvalue weighted by molar-refractivity contribution is 7.11. The van der Waals surface area contributed by atoms with Gasteiger partial charge in [0.2, 0.25) is 5.78 Å². The Bertz CT molecular complexity index is 320. The van der Waals surface area contributed by atoms with Crippen molar-refractivity contribution in [2.45, 2.75) is 12.8 Å². The molecule has 1 aliphatic heterocycles. The third-order valence-corrected chi connectivity index (χ3v) is 3.60. The average molecular weight is 239 g/mol. The van der Waals surface area contributed by atoms with Crippen LogP contribution < -0.4 is 10.6 Å². The fourth-order valence-electron chi connectivity index (χ4n) is 1.92. The molecule has 0 amide bonds. The number of hydrogen-bond acceptors (Lipinski definition) is 5.